The third-order valence-corrected chi connectivity index (χ3v) is 13.0. The Morgan fingerprint density at radius 2 is 1.10 bits per heavy atom. The standard InChI is InChI=1S/C49H83N15O14/c1-4-27(2)39(47(76)61-35(25-65)45(74)59-31(11-5-7-19-50)41(70)58-32(12-6-8-20-51)43(72)62-36(26-66)48(77)78)63-44(73)34(23-29-15-17-30(67)18-16-29)60-42(71)33(13-9-21-55-49(53)54)57-40(69)28(3)56-46(75)37-14-10-22-64(37)38(68)24-52/h15-18,27-28,31-37,39,65-67H,4-14,19-26,50-52H2,1-3H3,(H,56,75)(H,57,69)(H,58,70)(H,59,74)(H,60,71)(H,61,76)(H,62,72)(H,63,73)(H,77,78)(H4,53,54,55)/t27-,28-,31-,32-,33-,34-,35-,36-,37-,39-/m0/s1. The number of unbranched alkanes of at least 4 members (excludes halogenated alkanes) is 2. The molecule has 29 nitrogen and oxygen atoms in total. The third kappa shape index (κ3) is 22.8. The number of hydrogen-bond donors (Lipinski definition) is 17. The van der Waals surface area contributed by atoms with Gasteiger partial charge >= 0.3 is 5.97 Å². The van der Waals surface area contributed by atoms with Crippen molar-refractivity contribution in [1.82, 2.24) is 47.4 Å². The predicted molar refractivity (Wildman–Crippen MR) is 284 cm³/mol. The number of nitrogens with two attached hydrogens (primary N) is 5. The van der Waals surface area contributed by atoms with Gasteiger partial charge < -0.3 is 96.5 Å². The zero-order valence-electron chi connectivity index (χ0n) is 44.7. The number of carboxylic acid groups (broad SMARTS) is 1. The molecule has 1 fully saturated rings. The highest BCUT2D eigenvalue weighted by Gasteiger charge is 2.38. The summed E-state index contributed by atoms with van der Waals surface area (Å²) in [5.41, 5.74) is 28.2. The third-order valence-electron chi connectivity index (χ3n) is 13.0. The lowest BCUT2D eigenvalue weighted by Gasteiger charge is -2.29. The van der Waals surface area contributed by atoms with Crippen LogP contribution in [-0.4, -0.2) is 191 Å². The smallest absolute Gasteiger partial charge is 0.328 e. The molecule has 438 valence electrons. The highest BCUT2D eigenvalue weighted by atomic mass is 16.4. The first-order valence-electron chi connectivity index (χ1n) is 26.2. The van der Waals surface area contributed by atoms with E-state index in [1.165, 1.54) is 36.1 Å². The minimum atomic E-state index is -1.72. The molecule has 29 heteroatoms. The van der Waals surface area contributed by atoms with E-state index in [0.717, 1.165) is 0 Å². The second-order valence-corrected chi connectivity index (χ2v) is 19.0. The van der Waals surface area contributed by atoms with Crippen LogP contribution >= 0.6 is 0 Å². The molecule has 10 atom stereocenters. The number of carbonyl (C=O) groups excluding carboxylic acids is 9. The maximum atomic E-state index is 14.5. The fourth-order valence-corrected chi connectivity index (χ4v) is 8.19. The monoisotopic (exact) mass is 1110 g/mol. The van der Waals surface area contributed by atoms with Crippen molar-refractivity contribution in [1.29, 1.82) is 0 Å². The summed E-state index contributed by atoms with van der Waals surface area (Å²) in [7, 11) is 0. The van der Waals surface area contributed by atoms with Gasteiger partial charge in [0.2, 0.25) is 53.2 Å². The lowest BCUT2D eigenvalue weighted by Crippen LogP contribution is -2.62. The zero-order chi connectivity index (χ0) is 58.5. The van der Waals surface area contributed by atoms with Gasteiger partial charge in [0.05, 0.1) is 19.8 Å². The molecule has 1 aromatic carbocycles. The number of rotatable bonds is 36. The first kappa shape index (κ1) is 66.9. The van der Waals surface area contributed by atoms with Gasteiger partial charge in [0.15, 0.2) is 5.96 Å². The molecule has 1 aliphatic rings. The molecule has 1 saturated heterocycles. The molecule has 0 aromatic heterocycles. The highest BCUT2D eigenvalue weighted by Crippen LogP contribution is 2.18. The van der Waals surface area contributed by atoms with Crippen molar-refractivity contribution in [3.63, 3.8) is 0 Å². The van der Waals surface area contributed by atoms with Crippen LogP contribution in [0.3, 0.4) is 0 Å². The molecule has 9 amide bonds. The molecule has 78 heavy (non-hydrogen) atoms. The van der Waals surface area contributed by atoms with Gasteiger partial charge in [0.1, 0.15) is 60.1 Å². The van der Waals surface area contributed by atoms with Gasteiger partial charge in [-0.25, -0.2) is 4.79 Å². The van der Waals surface area contributed by atoms with E-state index in [-0.39, 0.29) is 76.4 Å². The molecule has 0 bridgehead atoms. The molecular formula is C49H83N15O14. The second kappa shape index (κ2) is 35.3. The number of amides is 9. The largest absolute Gasteiger partial charge is 0.508 e. The van der Waals surface area contributed by atoms with Crippen LogP contribution in [-0.2, 0) is 54.4 Å². The van der Waals surface area contributed by atoms with E-state index in [2.05, 4.69) is 47.5 Å². The van der Waals surface area contributed by atoms with Crippen molar-refractivity contribution >= 4 is 65.1 Å². The van der Waals surface area contributed by atoms with Crippen LogP contribution < -0.4 is 71.2 Å². The molecule has 22 N–H and O–H groups in total. The normalized spacial score (nSPS) is 16.5. The van der Waals surface area contributed by atoms with E-state index < -0.39 is 133 Å². The summed E-state index contributed by atoms with van der Waals surface area (Å²) in [4.78, 5) is 140. The molecule has 1 heterocycles. The Morgan fingerprint density at radius 3 is 1.59 bits per heavy atom. The van der Waals surface area contributed by atoms with Crippen LogP contribution in [0.5, 0.6) is 5.75 Å². The summed E-state index contributed by atoms with van der Waals surface area (Å²) in [6.45, 7) is 3.29. The Labute approximate surface area is 453 Å². The van der Waals surface area contributed by atoms with E-state index in [1.807, 2.05) is 0 Å². The van der Waals surface area contributed by atoms with E-state index >= 15 is 0 Å². The first-order valence-corrected chi connectivity index (χ1v) is 26.2. The van der Waals surface area contributed by atoms with Crippen LogP contribution in [0.1, 0.15) is 97.0 Å². The number of likely N-dealkylation sites (tertiary alicyclic amines) is 1. The van der Waals surface area contributed by atoms with Crippen molar-refractivity contribution in [3.05, 3.63) is 29.8 Å². The Kier molecular flexibility index (Phi) is 30.2. The van der Waals surface area contributed by atoms with Crippen LogP contribution in [0.2, 0.25) is 0 Å². The molecule has 0 aliphatic carbocycles. The van der Waals surface area contributed by atoms with Crippen LogP contribution in [0.4, 0.5) is 0 Å². The number of carbonyl (C=O) groups is 10. The molecule has 0 spiro atoms. The molecule has 0 saturated carbocycles. The van der Waals surface area contributed by atoms with Crippen molar-refractivity contribution in [2.45, 2.75) is 152 Å². The van der Waals surface area contributed by atoms with Gasteiger partial charge in [-0.15, -0.1) is 0 Å². The predicted octanol–water partition coefficient (Wildman–Crippen LogP) is -5.79. The average molecular weight is 1110 g/mol. The Morgan fingerprint density at radius 1 is 0.628 bits per heavy atom. The second-order valence-electron chi connectivity index (χ2n) is 19.0. The molecular weight excluding hydrogens is 1020 g/mol. The maximum absolute atomic E-state index is 14.5. The summed E-state index contributed by atoms with van der Waals surface area (Å²) in [6, 6.07) is -6.77. The van der Waals surface area contributed by atoms with Gasteiger partial charge in [-0.1, -0.05) is 32.4 Å². The van der Waals surface area contributed by atoms with Gasteiger partial charge in [-0.2, -0.15) is 0 Å². The maximum Gasteiger partial charge on any atom is 0.328 e. The topological polar surface area (TPSA) is 494 Å². The number of aliphatic hydroxyl groups excluding tert-OH is 2. The van der Waals surface area contributed by atoms with Crippen LogP contribution in [0.15, 0.2) is 29.3 Å². The van der Waals surface area contributed by atoms with Gasteiger partial charge in [-0.05, 0) is 108 Å². The highest BCUT2D eigenvalue weighted by molar-refractivity contribution is 5.98. The number of aliphatic carboxylic acids is 1. The number of nitrogens with one attached hydrogen (secondary N) is 8. The number of aromatic hydroxyl groups is 1. The van der Waals surface area contributed by atoms with E-state index in [0.29, 0.717) is 50.6 Å². The van der Waals surface area contributed by atoms with E-state index in [9.17, 15) is 68.4 Å². The van der Waals surface area contributed by atoms with Crippen molar-refractivity contribution in [2.75, 3.05) is 45.9 Å². The van der Waals surface area contributed by atoms with Gasteiger partial charge in [0, 0.05) is 19.5 Å². The number of carboxylic acids is 1. The quantitative estimate of drug-likeness (QED) is 0.0169. The summed E-state index contributed by atoms with van der Waals surface area (Å²) < 4.78 is 0. The molecule has 1 aliphatic heterocycles. The fourth-order valence-electron chi connectivity index (χ4n) is 8.19. The van der Waals surface area contributed by atoms with Crippen molar-refractivity contribution in [3.8, 4) is 5.75 Å². The van der Waals surface area contributed by atoms with E-state index in [1.54, 1.807) is 13.8 Å². The molecule has 2 rings (SSSR count). The summed E-state index contributed by atoms with van der Waals surface area (Å²) in [5, 5.41) is 59.4. The lowest BCUT2D eigenvalue weighted by atomic mass is 9.96. The minimum Gasteiger partial charge on any atom is -0.508 e. The minimum absolute atomic E-state index is 0.00699. The number of aliphatic hydroxyl groups is 2. The number of aliphatic imine (C=N–C) groups is 1. The first-order chi connectivity index (χ1) is 37.0. The molecule has 0 radical (unpaired) electrons. The number of guanidine groups is 1. The SMILES string of the molecule is CC[C@H](C)[C@H](NC(=O)[C@H](Cc1ccc(O)cc1)NC(=O)[C@H](CCCN=C(N)N)NC(=O)[C@H](C)NC(=O)[C@@H]1CCCN1C(=O)CN)C(=O)N[C@@H](CO)C(=O)N[C@@H](CCCCN)C(=O)N[C@@H](CCCCN)C(=O)N[C@@H](CO)C(=O)O. The van der Waals surface area contributed by atoms with Crippen LogP contribution in [0.25, 0.3) is 0 Å². The zero-order valence-corrected chi connectivity index (χ0v) is 44.7. The summed E-state index contributed by atoms with van der Waals surface area (Å²) >= 11 is 0. The van der Waals surface area contributed by atoms with Crippen molar-refractivity contribution in [2.24, 2.45) is 39.6 Å². The number of phenols is 1. The van der Waals surface area contributed by atoms with Gasteiger partial charge in [0.25, 0.3) is 0 Å². The lowest BCUT2D eigenvalue weighted by molar-refractivity contribution is -0.143. The summed E-state index contributed by atoms with van der Waals surface area (Å²) in [5.74, 6) is -9.90. The summed E-state index contributed by atoms with van der Waals surface area (Å²) in [6.07, 6.45) is 2.47. The number of phenolic OH excluding ortho intramolecular Hbond substituents is 1. The Balaban J connectivity index is 2.43. The van der Waals surface area contributed by atoms with Crippen LogP contribution in [0, 0.1) is 5.92 Å². The Hall–Kier alpha value is -7.21. The Bertz CT molecular complexity index is 2180. The van der Waals surface area contributed by atoms with E-state index in [4.69, 9.17) is 28.7 Å². The fraction of sp³-hybridized carbons (Fsp3) is 0.653. The number of benzene rings is 1. The molecule has 0 unspecified atom stereocenters. The average Bonchev–Trinajstić information content (AvgIpc) is 3.92. The number of nitrogens with zero attached hydrogens (tertiary/aromatic N) is 2. The van der Waals surface area contributed by atoms with Gasteiger partial charge in [-0.3, -0.25) is 48.1 Å². The van der Waals surface area contributed by atoms with Crippen molar-refractivity contribution < 1.29 is 68.4 Å². The number of hydrogen-bond acceptors (Lipinski definition) is 17. The molecule has 1 aromatic rings.